The molecular weight excluding hydrogens is 172 g/mol. The Balaban J connectivity index is 2.48. The van der Waals surface area contributed by atoms with E-state index in [9.17, 15) is 0 Å². The quantitative estimate of drug-likeness (QED) is 0.654. The first-order chi connectivity index (χ1) is 5.84. The maximum Gasteiger partial charge on any atom is 0.0607 e. The predicted molar refractivity (Wildman–Crippen MR) is 51.5 cm³/mol. The van der Waals surface area contributed by atoms with Crippen LogP contribution in [-0.2, 0) is 4.74 Å². The molecule has 0 heterocycles. The van der Waals surface area contributed by atoms with Crippen molar-refractivity contribution in [3.05, 3.63) is 35.9 Å². The summed E-state index contributed by atoms with van der Waals surface area (Å²) in [5.74, 6) is 0. The average Bonchev–Trinajstić information content (AvgIpc) is 2.15. The zero-order valence-corrected chi connectivity index (χ0v) is 7.92. The van der Waals surface area contributed by atoms with E-state index in [0.717, 1.165) is 12.0 Å². The maximum atomic E-state index is 6.10. The third kappa shape index (κ3) is 2.84. The van der Waals surface area contributed by atoms with E-state index in [1.807, 2.05) is 30.3 Å². The van der Waals surface area contributed by atoms with Crippen molar-refractivity contribution in [2.24, 2.45) is 0 Å². The van der Waals surface area contributed by atoms with Gasteiger partial charge < -0.3 is 4.74 Å². The normalized spacial score (nSPS) is 12.8. The summed E-state index contributed by atoms with van der Waals surface area (Å²) in [5.41, 5.74) is 1.16. The number of ether oxygens (including phenoxy) is 1. The van der Waals surface area contributed by atoms with Crippen molar-refractivity contribution in [1.29, 1.82) is 0 Å². The fourth-order valence-corrected chi connectivity index (χ4v) is 1.28. The van der Waals surface area contributed by atoms with E-state index in [0.29, 0.717) is 6.61 Å². The largest absolute Gasteiger partial charge is 0.385 e. The van der Waals surface area contributed by atoms with Crippen molar-refractivity contribution in [2.45, 2.75) is 11.8 Å². The van der Waals surface area contributed by atoms with Gasteiger partial charge in [0.15, 0.2) is 0 Å². The third-order valence-corrected chi connectivity index (χ3v) is 2.21. The van der Waals surface area contributed by atoms with Gasteiger partial charge in [0.2, 0.25) is 0 Å². The molecule has 1 nitrogen and oxygen atoms in total. The van der Waals surface area contributed by atoms with Crippen LogP contribution in [0.15, 0.2) is 30.3 Å². The fraction of sp³-hybridized carbons (Fsp3) is 0.400. The van der Waals surface area contributed by atoms with E-state index in [2.05, 4.69) is 0 Å². The van der Waals surface area contributed by atoms with Crippen LogP contribution in [0.25, 0.3) is 0 Å². The van der Waals surface area contributed by atoms with Crippen molar-refractivity contribution in [2.75, 3.05) is 13.7 Å². The van der Waals surface area contributed by atoms with Crippen LogP contribution in [0.2, 0.25) is 0 Å². The first-order valence-corrected chi connectivity index (χ1v) is 4.46. The lowest BCUT2D eigenvalue weighted by Crippen LogP contribution is -1.95. The molecule has 0 radical (unpaired) electrons. The smallest absolute Gasteiger partial charge is 0.0607 e. The number of hydrogen-bond donors (Lipinski definition) is 0. The highest BCUT2D eigenvalue weighted by molar-refractivity contribution is 6.20. The van der Waals surface area contributed by atoms with Crippen molar-refractivity contribution in [3.63, 3.8) is 0 Å². The SMILES string of the molecule is COCC[C@H](Cl)c1ccccc1. The van der Waals surface area contributed by atoms with Gasteiger partial charge in [0.1, 0.15) is 0 Å². The lowest BCUT2D eigenvalue weighted by atomic mass is 10.1. The van der Waals surface area contributed by atoms with E-state index in [4.69, 9.17) is 16.3 Å². The molecule has 1 aromatic carbocycles. The van der Waals surface area contributed by atoms with Crippen LogP contribution in [0.3, 0.4) is 0 Å². The first kappa shape index (κ1) is 9.56. The summed E-state index contributed by atoms with van der Waals surface area (Å²) in [6, 6.07) is 10.1. The zero-order chi connectivity index (χ0) is 8.81. The van der Waals surface area contributed by atoms with Crippen LogP contribution in [-0.4, -0.2) is 13.7 Å². The lowest BCUT2D eigenvalue weighted by Gasteiger charge is -2.07. The molecule has 0 amide bonds. The molecule has 2 heteroatoms. The van der Waals surface area contributed by atoms with E-state index < -0.39 is 0 Å². The van der Waals surface area contributed by atoms with Gasteiger partial charge in [0.05, 0.1) is 5.38 Å². The van der Waals surface area contributed by atoms with E-state index >= 15 is 0 Å². The molecule has 66 valence electrons. The molecular formula is C10H13ClO. The molecule has 0 saturated carbocycles. The van der Waals surface area contributed by atoms with Gasteiger partial charge in [-0.25, -0.2) is 0 Å². The monoisotopic (exact) mass is 184 g/mol. The Morgan fingerprint density at radius 2 is 2.00 bits per heavy atom. The molecule has 0 bridgehead atoms. The Morgan fingerprint density at radius 1 is 1.33 bits per heavy atom. The molecule has 0 fully saturated rings. The average molecular weight is 185 g/mol. The van der Waals surface area contributed by atoms with E-state index in [1.54, 1.807) is 7.11 Å². The molecule has 0 saturated heterocycles. The van der Waals surface area contributed by atoms with E-state index in [1.165, 1.54) is 0 Å². The van der Waals surface area contributed by atoms with Crippen molar-refractivity contribution >= 4 is 11.6 Å². The van der Waals surface area contributed by atoms with Crippen LogP contribution in [0.1, 0.15) is 17.4 Å². The van der Waals surface area contributed by atoms with Crippen LogP contribution >= 0.6 is 11.6 Å². The lowest BCUT2D eigenvalue weighted by molar-refractivity contribution is 0.194. The molecule has 0 aliphatic rings. The van der Waals surface area contributed by atoms with Gasteiger partial charge in [0, 0.05) is 13.7 Å². The second kappa shape index (κ2) is 5.18. The molecule has 0 unspecified atom stereocenters. The summed E-state index contributed by atoms with van der Waals surface area (Å²) in [6.07, 6.45) is 0.863. The number of rotatable bonds is 4. The molecule has 1 aromatic rings. The van der Waals surface area contributed by atoms with Gasteiger partial charge in [-0.1, -0.05) is 30.3 Å². The molecule has 0 aromatic heterocycles. The van der Waals surface area contributed by atoms with Gasteiger partial charge in [0.25, 0.3) is 0 Å². The van der Waals surface area contributed by atoms with Gasteiger partial charge in [-0.15, -0.1) is 11.6 Å². The molecule has 12 heavy (non-hydrogen) atoms. The number of alkyl halides is 1. The Kier molecular flexibility index (Phi) is 4.12. The van der Waals surface area contributed by atoms with Gasteiger partial charge >= 0.3 is 0 Å². The summed E-state index contributed by atoms with van der Waals surface area (Å²) in [7, 11) is 1.69. The van der Waals surface area contributed by atoms with Gasteiger partial charge in [-0.3, -0.25) is 0 Å². The van der Waals surface area contributed by atoms with E-state index in [-0.39, 0.29) is 5.38 Å². The van der Waals surface area contributed by atoms with Crippen molar-refractivity contribution < 1.29 is 4.74 Å². The summed E-state index contributed by atoms with van der Waals surface area (Å²) < 4.78 is 4.95. The molecule has 0 aliphatic carbocycles. The van der Waals surface area contributed by atoms with Crippen LogP contribution in [0.4, 0.5) is 0 Å². The Hall–Kier alpha value is -0.530. The fourth-order valence-electron chi connectivity index (χ4n) is 1.05. The number of halogens is 1. The molecule has 0 aliphatic heterocycles. The highest BCUT2D eigenvalue weighted by Crippen LogP contribution is 2.23. The third-order valence-electron chi connectivity index (χ3n) is 1.74. The minimum atomic E-state index is 0.0751. The van der Waals surface area contributed by atoms with Gasteiger partial charge in [-0.2, -0.15) is 0 Å². The zero-order valence-electron chi connectivity index (χ0n) is 7.16. The Labute approximate surface area is 78.3 Å². The second-order valence-corrected chi connectivity index (χ2v) is 3.19. The summed E-state index contributed by atoms with van der Waals surface area (Å²) >= 11 is 6.10. The second-order valence-electron chi connectivity index (χ2n) is 2.66. The maximum absolute atomic E-state index is 6.10. The first-order valence-electron chi connectivity index (χ1n) is 4.02. The predicted octanol–water partition coefficient (Wildman–Crippen LogP) is 3.00. The number of methoxy groups -OCH3 is 1. The van der Waals surface area contributed by atoms with Crippen LogP contribution in [0, 0.1) is 0 Å². The minimum absolute atomic E-state index is 0.0751. The number of hydrogen-bond acceptors (Lipinski definition) is 1. The van der Waals surface area contributed by atoms with Crippen molar-refractivity contribution in [1.82, 2.24) is 0 Å². The number of benzene rings is 1. The minimum Gasteiger partial charge on any atom is -0.385 e. The highest BCUT2D eigenvalue weighted by atomic mass is 35.5. The van der Waals surface area contributed by atoms with Crippen LogP contribution < -0.4 is 0 Å². The Bertz CT molecular complexity index is 210. The molecule has 1 rings (SSSR count). The molecule has 0 spiro atoms. The highest BCUT2D eigenvalue weighted by Gasteiger charge is 2.05. The summed E-state index contributed by atoms with van der Waals surface area (Å²) in [6.45, 7) is 0.711. The topological polar surface area (TPSA) is 9.23 Å². The standard InChI is InChI=1S/C10H13ClO/c1-12-8-7-10(11)9-5-3-2-4-6-9/h2-6,10H,7-8H2,1H3/t10-/m0/s1. The van der Waals surface area contributed by atoms with Gasteiger partial charge in [-0.05, 0) is 12.0 Å². The van der Waals surface area contributed by atoms with Crippen LogP contribution in [0.5, 0.6) is 0 Å². The Morgan fingerprint density at radius 3 is 2.58 bits per heavy atom. The molecule has 0 N–H and O–H groups in total. The summed E-state index contributed by atoms with van der Waals surface area (Å²) in [5, 5.41) is 0.0751. The molecule has 1 atom stereocenters. The van der Waals surface area contributed by atoms with Crippen molar-refractivity contribution in [3.8, 4) is 0 Å². The summed E-state index contributed by atoms with van der Waals surface area (Å²) in [4.78, 5) is 0.